The summed E-state index contributed by atoms with van der Waals surface area (Å²) in [6, 6.07) is 0. The number of esters is 17. The largest absolute Gasteiger partial charge is 0.466 e. The van der Waals surface area contributed by atoms with Gasteiger partial charge in [-0.2, -0.15) is 114 Å². The van der Waals surface area contributed by atoms with E-state index in [9.17, 15) is 209 Å². The van der Waals surface area contributed by atoms with Gasteiger partial charge in [0.1, 0.15) is 0 Å². The lowest BCUT2D eigenvalue weighted by Crippen LogP contribution is -2.69. The van der Waals surface area contributed by atoms with Crippen LogP contribution in [-0.2, 0) is 162 Å². The molecule has 0 N–H and O–H groups in total. The van der Waals surface area contributed by atoms with Crippen LogP contribution in [0.15, 0.2) is 72.9 Å². The summed E-state index contributed by atoms with van der Waals surface area (Å²) in [5.74, 6) is -67.6. The lowest BCUT2D eigenvalue weighted by Gasteiger charge is -2.40. The van der Waals surface area contributed by atoms with E-state index in [1.165, 1.54) is 20.8 Å². The fraction of sp³-hybridized carbons (Fsp3) is 0.603. The quantitative estimate of drug-likeness (QED) is 0.0375. The van der Waals surface area contributed by atoms with Crippen LogP contribution in [0.4, 0.5) is 127 Å². The zero-order valence-corrected chi connectivity index (χ0v) is 70.5. The topological polar surface area (TPSA) is 447 Å². The molecule has 0 aromatic carbocycles. The van der Waals surface area contributed by atoms with Gasteiger partial charge in [-0.15, -0.1) is 0 Å². The molecule has 6 fully saturated rings. The number of rotatable bonds is 24. The Bertz CT molecular complexity index is 4630. The van der Waals surface area contributed by atoms with E-state index in [4.69, 9.17) is 0 Å². The van der Waals surface area contributed by atoms with Gasteiger partial charge in [0.15, 0.2) is 42.7 Å². The van der Waals surface area contributed by atoms with Crippen molar-refractivity contribution in [1.82, 2.24) is 0 Å². The predicted octanol–water partition coefficient (Wildman–Crippen LogP) is 10.2. The van der Waals surface area contributed by atoms with Crippen molar-refractivity contribution in [3.05, 3.63) is 72.9 Å². The minimum Gasteiger partial charge on any atom is -0.466 e. The van der Waals surface area contributed by atoms with Crippen LogP contribution in [0.1, 0.15) is 94.4 Å². The number of cyclic esters (lactones) is 6. The molecule has 6 saturated heterocycles. The summed E-state index contributed by atoms with van der Waals surface area (Å²) in [4.78, 5) is 191. The van der Waals surface area contributed by atoms with Crippen LogP contribution < -0.4 is 0 Å². The number of alkyl halides is 29. The van der Waals surface area contributed by atoms with E-state index in [-0.39, 0.29) is 34.8 Å². The zero-order valence-electron chi connectivity index (χ0n) is 70.5. The average molecular weight is 2040 g/mol. The first-order chi connectivity index (χ1) is 61.0. The van der Waals surface area contributed by atoms with Crippen LogP contribution in [0.25, 0.3) is 0 Å². The van der Waals surface area contributed by atoms with Gasteiger partial charge in [0.05, 0.1) is 46.7 Å². The van der Waals surface area contributed by atoms with Crippen molar-refractivity contribution in [3.8, 4) is 0 Å². The number of hydrogen-bond acceptors (Lipinski definition) is 34. The first-order valence-electron chi connectivity index (χ1n) is 36.1. The van der Waals surface area contributed by atoms with Crippen LogP contribution in [0.5, 0.6) is 0 Å². The summed E-state index contributed by atoms with van der Waals surface area (Å²) >= 11 is 0. The standard InChI is InChI=1S/C13H11F9O4.C13H13F5O6.C12H11F5O6.2C12H12F4O6.C11H12F2O6/c1-5(2)7(23)25-9(3)4-10(15,16)11(12(17,18)19,13(20,21)22)26-8(24)6(9)14;1-5(2)10(20)24-9-7(23-11(21)12(9,14)15)4-8(19)22-6(3)13(16,17)18;1-5(2)9(19)22-6-3-7(18)23-8(6)12(16,17)10(20)21-4-11(13,14)15;1-5(2)8(17)21-6-4-7(11(13,14)9(18)20-3)22-10(19)12(6,15)16;1-4-20-9(18)11(13,14)7-6(21-8(17)5(2)3)12(15,16)10(19)22-7;1-6(2)7(14)19-10(8(15)17-3)4-5-18-9(16)11(10,12)13/h6H,1,4H2,2-3H3;6-7,9H,1,4H2,2-3H3;6,8H,1,3-4H2,2H3;6-7H,1,4H2,2-3H3;6-7H,2,4H2,1,3H3;1,4-5H2,2-3H3. The van der Waals surface area contributed by atoms with Crippen molar-refractivity contribution < 1.29 is 289 Å². The molecule has 0 aliphatic carbocycles. The van der Waals surface area contributed by atoms with Gasteiger partial charge < -0.3 is 80.5 Å². The molecule has 6 heterocycles. The van der Waals surface area contributed by atoms with Crippen molar-refractivity contribution in [3.63, 3.8) is 0 Å². The van der Waals surface area contributed by atoms with Gasteiger partial charge in [0, 0.05) is 46.3 Å². The zero-order chi connectivity index (χ0) is 107. The van der Waals surface area contributed by atoms with Crippen molar-refractivity contribution >= 4 is 101 Å². The normalized spacial score (nSPS) is 24.6. The van der Waals surface area contributed by atoms with E-state index in [1.807, 2.05) is 0 Å². The minimum atomic E-state index is -6.85. The van der Waals surface area contributed by atoms with E-state index in [2.05, 4.69) is 120 Å². The molecule has 6 rings (SSSR count). The summed E-state index contributed by atoms with van der Waals surface area (Å²) < 4.78 is 454. The first-order valence-corrected chi connectivity index (χ1v) is 36.1. The average Bonchev–Trinajstić information content (AvgIpc) is 1.47. The predicted molar refractivity (Wildman–Crippen MR) is 370 cm³/mol. The molecule has 0 spiro atoms. The monoisotopic (exact) mass is 2040 g/mol. The van der Waals surface area contributed by atoms with E-state index >= 15 is 0 Å². The number of methoxy groups -OCH3 is 2. The third kappa shape index (κ3) is 28.5. The van der Waals surface area contributed by atoms with Gasteiger partial charge in [-0.3, -0.25) is 9.59 Å². The lowest BCUT2D eigenvalue weighted by molar-refractivity contribution is -0.422. The molecule has 0 radical (unpaired) electrons. The van der Waals surface area contributed by atoms with E-state index < -0.39 is 309 Å². The Morgan fingerprint density at radius 3 is 1.35 bits per heavy atom. The smallest absolute Gasteiger partial charge is 0.444 e. The molecule has 34 nitrogen and oxygen atoms in total. The summed E-state index contributed by atoms with van der Waals surface area (Å²) in [6.07, 6.45) is -56.1. The molecule has 12 atom stereocenters. The number of carbonyl (C=O) groups excluding carboxylic acids is 17. The van der Waals surface area contributed by atoms with Crippen LogP contribution in [0, 0.1) is 0 Å². The van der Waals surface area contributed by atoms with Crippen molar-refractivity contribution in [2.75, 3.05) is 34.0 Å². The molecule has 0 bridgehead atoms. The highest BCUT2D eigenvalue weighted by atomic mass is 19.4. The lowest BCUT2D eigenvalue weighted by atomic mass is 9.84. The summed E-state index contributed by atoms with van der Waals surface area (Å²) in [6.45, 7) is 24.3. The van der Waals surface area contributed by atoms with E-state index in [0.29, 0.717) is 14.0 Å². The highest BCUT2D eigenvalue weighted by molar-refractivity contribution is 5.97. The third-order valence-electron chi connectivity index (χ3n) is 17.1. The van der Waals surface area contributed by atoms with Crippen molar-refractivity contribution in [1.29, 1.82) is 0 Å². The molecule has 6 aliphatic heterocycles. The van der Waals surface area contributed by atoms with Gasteiger partial charge in [0.2, 0.25) is 30.6 Å². The Balaban J connectivity index is 0.000000818. The SMILES string of the molecule is C=C(C)C(=O)OC1(C(=O)OC)CCOC(=O)C1(F)F.C=C(C)C(=O)OC1(C)CC(F)(F)C(C(F)(F)F)(C(F)(F)F)OC(=O)C1F.C=C(C)C(=O)OC1C(C(F)(F)C(=O)OCC)OC(=O)C1(F)F.C=C(C)C(=O)OC1C(CC(=O)OC(C)C(F)(F)F)OC(=O)C1(F)F.C=C(C)C(=O)OC1CC(=O)OC1C(F)(F)C(=O)OCC(F)(F)F.C=C(C)C(=O)OC1CC(C(F)(F)C(=O)OC)OC(=O)C1(F)F. The highest BCUT2D eigenvalue weighted by Gasteiger charge is 2.88. The van der Waals surface area contributed by atoms with Gasteiger partial charge in [-0.1, -0.05) is 39.5 Å². The second-order valence-electron chi connectivity index (χ2n) is 28.4. The van der Waals surface area contributed by atoms with Crippen LogP contribution in [0.3, 0.4) is 0 Å². The number of halogens is 29. The fourth-order valence-electron chi connectivity index (χ4n) is 10.0. The molecule has 6 aliphatic rings. The van der Waals surface area contributed by atoms with Crippen LogP contribution in [0.2, 0.25) is 0 Å². The van der Waals surface area contributed by atoms with Gasteiger partial charge in [-0.25, -0.2) is 85.1 Å². The fourth-order valence-corrected chi connectivity index (χ4v) is 10.0. The van der Waals surface area contributed by atoms with Gasteiger partial charge >= 0.3 is 179 Å². The molecular formula is C73H71F29O34. The number of carbonyl (C=O) groups is 17. The number of ether oxygens (including phenoxy) is 17. The Kier molecular flexibility index (Phi) is 39.7. The molecule has 770 valence electrons. The van der Waals surface area contributed by atoms with Crippen LogP contribution >= 0.6 is 0 Å². The molecule has 0 aromatic heterocycles. The summed E-state index contributed by atoms with van der Waals surface area (Å²) in [7, 11) is 1.49. The Labute approximate surface area is 740 Å². The first kappa shape index (κ1) is 121. The second-order valence-corrected chi connectivity index (χ2v) is 28.4. The van der Waals surface area contributed by atoms with E-state index in [0.717, 1.165) is 34.8 Å². The molecule has 136 heavy (non-hydrogen) atoms. The maximum atomic E-state index is 14.2. The molecular weight excluding hydrogens is 1970 g/mol. The molecule has 0 saturated carbocycles. The maximum Gasteiger partial charge on any atom is 0.444 e. The Morgan fingerprint density at radius 2 is 0.912 bits per heavy atom. The third-order valence-corrected chi connectivity index (χ3v) is 17.1. The second kappa shape index (κ2) is 44.5. The van der Waals surface area contributed by atoms with Gasteiger partial charge in [-0.05, 0) is 62.3 Å². The molecule has 12 unspecified atom stereocenters. The maximum absolute atomic E-state index is 14.2. The van der Waals surface area contributed by atoms with E-state index in [1.54, 1.807) is 0 Å². The molecule has 0 aromatic rings. The minimum absolute atomic E-state index is 0.175. The van der Waals surface area contributed by atoms with Crippen molar-refractivity contribution in [2.24, 2.45) is 0 Å². The Hall–Kier alpha value is -12.6. The molecule has 63 heteroatoms. The summed E-state index contributed by atoms with van der Waals surface area (Å²) in [5.41, 5.74) is -14.5. The van der Waals surface area contributed by atoms with Crippen LogP contribution in [-0.4, -0.2) is 286 Å². The number of hydrogen-bond donors (Lipinski definition) is 0. The summed E-state index contributed by atoms with van der Waals surface area (Å²) in [5, 5.41) is 0. The van der Waals surface area contributed by atoms with Gasteiger partial charge in [0.25, 0.3) is 5.60 Å². The Morgan fingerprint density at radius 1 is 0.493 bits per heavy atom. The highest BCUT2D eigenvalue weighted by Crippen LogP contribution is 2.59. The van der Waals surface area contributed by atoms with Crippen molar-refractivity contribution in [2.45, 2.75) is 244 Å². The molecule has 0 amide bonds.